The first-order valence-electron chi connectivity index (χ1n) is 10.2. The molecule has 1 fully saturated rings. The van der Waals surface area contributed by atoms with Crippen LogP contribution in [0.25, 0.3) is 11.4 Å². The van der Waals surface area contributed by atoms with Crippen molar-refractivity contribution in [3.8, 4) is 11.4 Å². The maximum Gasteiger partial charge on any atom is 0.251 e. The largest absolute Gasteiger partial charge is 0.366 e. The molecule has 3 N–H and O–H groups in total. The monoisotopic (exact) mass is 456 g/mol. The lowest BCUT2D eigenvalue weighted by Crippen LogP contribution is -2.23. The predicted molar refractivity (Wildman–Crippen MR) is 122 cm³/mol. The fourth-order valence-corrected chi connectivity index (χ4v) is 5.54. The van der Waals surface area contributed by atoms with Crippen molar-refractivity contribution < 1.29 is 9.59 Å². The molecule has 0 unspecified atom stereocenters. The summed E-state index contributed by atoms with van der Waals surface area (Å²) in [5, 5.41) is 14.6. The molecule has 3 heterocycles. The van der Waals surface area contributed by atoms with Gasteiger partial charge in [0.15, 0.2) is 11.0 Å². The number of hydrogen-bond acceptors (Lipinski definition) is 7. The zero-order chi connectivity index (χ0) is 21.8. The second-order valence-electron chi connectivity index (χ2n) is 7.61. The van der Waals surface area contributed by atoms with E-state index in [1.807, 2.05) is 12.1 Å². The lowest BCUT2D eigenvalue weighted by molar-refractivity contribution is -0.113. The van der Waals surface area contributed by atoms with E-state index >= 15 is 0 Å². The molecule has 1 aliphatic rings. The molecule has 4 rings (SSSR count). The number of pyridine rings is 1. The number of thiophene rings is 1. The molecule has 0 radical (unpaired) electrons. The number of amides is 2. The Bertz CT molecular complexity index is 1070. The third kappa shape index (κ3) is 4.80. The molecule has 3 aromatic heterocycles. The van der Waals surface area contributed by atoms with Crippen LogP contribution in [-0.4, -0.2) is 37.3 Å². The standard InChI is InChI=1S/C21H24N6O2S2/c1-13-5-2-3-7-16(13)27-19(14-6-4-9-23-11-14)25-26-21(27)31-12-17(28)24-20-15(18(22)29)8-10-30-20/h4,6,8-11,13,16H,2-3,5,7,12H2,1H3,(H2,22,29)(H,24,28)/t13-,16+/m0/s1. The normalized spacial score (nSPS) is 18.6. The lowest BCUT2D eigenvalue weighted by Gasteiger charge is -2.31. The molecule has 0 spiro atoms. The summed E-state index contributed by atoms with van der Waals surface area (Å²) in [6.07, 6.45) is 8.14. The van der Waals surface area contributed by atoms with Gasteiger partial charge < -0.3 is 11.1 Å². The summed E-state index contributed by atoms with van der Waals surface area (Å²) in [6.45, 7) is 2.26. The minimum absolute atomic E-state index is 0.155. The van der Waals surface area contributed by atoms with Gasteiger partial charge in [0.25, 0.3) is 5.91 Å². The summed E-state index contributed by atoms with van der Waals surface area (Å²) in [4.78, 5) is 28.2. The molecular weight excluding hydrogens is 432 g/mol. The van der Waals surface area contributed by atoms with E-state index in [2.05, 4.69) is 32.0 Å². The number of rotatable bonds is 7. The molecule has 0 saturated heterocycles. The van der Waals surface area contributed by atoms with Crippen LogP contribution in [0.5, 0.6) is 0 Å². The van der Waals surface area contributed by atoms with Gasteiger partial charge in [-0.3, -0.25) is 19.1 Å². The first-order valence-corrected chi connectivity index (χ1v) is 12.1. The van der Waals surface area contributed by atoms with Crippen LogP contribution in [-0.2, 0) is 4.79 Å². The summed E-state index contributed by atoms with van der Waals surface area (Å²) in [6, 6.07) is 5.75. The highest BCUT2D eigenvalue weighted by atomic mass is 32.2. The average molecular weight is 457 g/mol. The van der Waals surface area contributed by atoms with Gasteiger partial charge in [0.05, 0.1) is 11.3 Å². The van der Waals surface area contributed by atoms with Crippen molar-refractivity contribution in [3.63, 3.8) is 0 Å². The first kappa shape index (κ1) is 21.5. The molecule has 0 aromatic carbocycles. The van der Waals surface area contributed by atoms with E-state index in [4.69, 9.17) is 5.73 Å². The van der Waals surface area contributed by atoms with Crippen molar-refractivity contribution in [3.05, 3.63) is 41.5 Å². The molecule has 1 saturated carbocycles. The first-order chi connectivity index (χ1) is 15.0. The number of carbonyl (C=O) groups is 2. The smallest absolute Gasteiger partial charge is 0.251 e. The molecule has 3 aromatic rings. The Hall–Kier alpha value is -2.72. The maximum absolute atomic E-state index is 12.5. The van der Waals surface area contributed by atoms with Gasteiger partial charge in [-0.1, -0.05) is 31.5 Å². The number of nitrogens with two attached hydrogens (primary N) is 1. The molecule has 2 amide bonds. The van der Waals surface area contributed by atoms with Crippen LogP contribution < -0.4 is 11.1 Å². The highest BCUT2D eigenvalue weighted by molar-refractivity contribution is 7.99. The maximum atomic E-state index is 12.5. The van der Waals surface area contributed by atoms with Crippen molar-refractivity contribution >= 4 is 39.9 Å². The van der Waals surface area contributed by atoms with Crippen LogP contribution in [0.4, 0.5) is 5.00 Å². The topological polar surface area (TPSA) is 116 Å². The van der Waals surface area contributed by atoms with Gasteiger partial charge in [-0.15, -0.1) is 21.5 Å². The SMILES string of the molecule is C[C@H]1CCCC[C@H]1n1c(SCC(=O)Nc2sccc2C(N)=O)nnc1-c1cccnc1. The number of nitrogens with zero attached hydrogens (tertiary/aromatic N) is 4. The lowest BCUT2D eigenvalue weighted by atomic mass is 9.85. The minimum Gasteiger partial charge on any atom is -0.366 e. The molecule has 31 heavy (non-hydrogen) atoms. The van der Waals surface area contributed by atoms with Crippen LogP contribution >= 0.6 is 23.1 Å². The zero-order valence-corrected chi connectivity index (χ0v) is 18.8. The highest BCUT2D eigenvalue weighted by Gasteiger charge is 2.29. The summed E-state index contributed by atoms with van der Waals surface area (Å²) in [5.74, 6) is 0.657. The number of carbonyl (C=O) groups excluding carboxylic acids is 2. The minimum atomic E-state index is -0.559. The van der Waals surface area contributed by atoms with Crippen molar-refractivity contribution in [1.82, 2.24) is 19.7 Å². The quantitative estimate of drug-likeness (QED) is 0.520. The number of aromatic nitrogens is 4. The Morgan fingerprint density at radius 2 is 2.13 bits per heavy atom. The molecule has 162 valence electrons. The van der Waals surface area contributed by atoms with Crippen LogP contribution in [0.2, 0.25) is 0 Å². The number of hydrogen-bond donors (Lipinski definition) is 2. The summed E-state index contributed by atoms with van der Waals surface area (Å²) < 4.78 is 2.18. The highest BCUT2D eigenvalue weighted by Crippen LogP contribution is 2.38. The molecular formula is C21H24N6O2S2. The van der Waals surface area contributed by atoms with Crippen molar-refractivity contribution in [2.45, 2.75) is 43.8 Å². The van der Waals surface area contributed by atoms with Crippen LogP contribution in [0, 0.1) is 5.92 Å². The number of thioether (sulfide) groups is 1. The van der Waals surface area contributed by atoms with Crippen molar-refractivity contribution in [2.24, 2.45) is 11.7 Å². The van der Waals surface area contributed by atoms with Crippen LogP contribution in [0.15, 0.2) is 41.1 Å². The van der Waals surface area contributed by atoms with Gasteiger partial charge >= 0.3 is 0 Å². The fourth-order valence-electron chi connectivity index (χ4n) is 3.94. The van der Waals surface area contributed by atoms with Gasteiger partial charge in [-0.25, -0.2) is 0 Å². The summed E-state index contributed by atoms with van der Waals surface area (Å²) in [7, 11) is 0. The van der Waals surface area contributed by atoms with Gasteiger partial charge in [0.2, 0.25) is 5.91 Å². The van der Waals surface area contributed by atoms with Gasteiger partial charge in [0, 0.05) is 24.0 Å². The van der Waals surface area contributed by atoms with E-state index in [9.17, 15) is 9.59 Å². The van der Waals surface area contributed by atoms with Gasteiger partial charge in [-0.05, 0) is 42.3 Å². The van der Waals surface area contributed by atoms with Gasteiger partial charge in [-0.2, -0.15) is 0 Å². The summed E-state index contributed by atoms with van der Waals surface area (Å²) >= 11 is 2.62. The second kappa shape index (κ2) is 9.61. The molecule has 0 aliphatic heterocycles. The number of anilines is 1. The molecule has 1 aliphatic carbocycles. The molecule has 8 nitrogen and oxygen atoms in total. The Kier molecular flexibility index (Phi) is 6.67. The van der Waals surface area contributed by atoms with Crippen molar-refractivity contribution in [1.29, 1.82) is 0 Å². The Morgan fingerprint density at radius 3 is 2.87 bits per heavy atom. The Labute approximate surface area is 188 Å². The molecule has 2 atom stereocenters. The van der Waals surface area contributed by atoms with Gasteiger partial charge in [0.1, 0.15) is 5.00 Å². The fraction of sp³-hybridized carbons (Fsp3) is 0.381. The van der Waals surface area contributed by atoms with Crippen LogP contribution in [0.1, 0.15) is 49.0 Å². The number of primary amides is 1. The average Bonchev–Trinajstić information content (AvgIpc) is 3.40. The Morgan fingerprint density at radius 1 is 1.29 bits per heavy atom. The van der Waals surface area contributed by atoms with Crippen LogP contribution in [0.3, 0.4) is 0 Å². The van der Waals surface area contributed by atoms with E-state index in [-0.39, 0.29) is 17.7 Å². The zero-order valence-electron chi connectivity index (χ0n) is 17.2. The Balaban J connectivity index is 1.55. The third-order valence-electron chi connectivity index (χ3n) is 5.50. The van der Waals surface area contributed by atoms with Crippen molar-refractivity contribution in [2.75, 3.05) is 11.1 Å². The van der Waals surface area contributed by atoms with E-state index in [1.54, 1.807) is 23.8 Å². The van der Waals surface area contributed by atoms with E-state index in [0.29, 0.717) is 21.6 Å². The molecule has 0 bridgehead atoms. The third-order valence-corrected chi connectivity index (χ3v) is 7.27. The van der Waals surface area contributed by atoms with E-state index < -0.39 is 5.91 Å². The predicted octanol–water partition coefficient (Wildman–Crippen LogP) is 3.98. The second-order valence-corrected chi connectivity index (χ2v) is 9.47. The molecule has 10 heteroatoms. The van der Waals surface area contributed by atoms with E-state index in [1.165, 1.54) is 35.9 Å². The summed E-state index contributed by atoms with van der Waals surface area (Å²) in [5.41, 5.74) is 6.59. The number of nitrogens with one attached hydrogen (secondary N) is 1. The van der Waals surface area contributed by atoms with E-state index in [0.717, 1.165) is 24.2 Å².